The summed E-state index contributed by atoms with van der Waals surface area (Å²) >= 11 is 0. The van der Waals surface area contributed by atoms with Crippen LogP contribution in [0.3, 0.4) is 0 Å². The molecule has 0 saturated heterocycles. The number of carboxylic acid groups (broad SMARTS) is 1. The van der Waals surface area contributed by atoms with Crippen molar-refractivity contribution in [3.05, 3.63) is 34.9 Å². The Morgan fingerprint density at radius 3 is 2.47 bits per heavy atom. The molecular weight excluding hydrogens is 214 g/mol. The summed E-state index contributed by atoms with van der Waals surface area (Å²) in [6, 6.07) is 5.08. The number of nitrogens with two attached hydrogens (primary N) is 1. The standard InChI is InChI=1S/C11H15NO2.ClH/c1-7-3-4-9(5-8(7)2)6-10(12)11(13)14;/h3-5,10H,6,12H2,1-2H3,(H,13,14);1H/t10-;/m0./s1. The van der Waals surface area contributed by atoms with E-state index in [1.54, 1.807) is 0 Å². The summed E-state index contributed by atoms with van der Waals surface area (Å²) in [5.41, 5.74) is 8.78. The van der Waals surface area contributed by atoms with Crippen LogP contribution in [0.2, 0.25) is 0 Å². The van der Waals surface area contributed by atoms with Crippen molar-refractivity contribution in [2.45, 2.75) is 26.3 Å². The van der Waals surface area contributed by atoms with E-state index in [1.165, 1.54) is 11.1 Å². The van der Waals surface area contributed by atoms with Crippen molar-refractivity contribution in [3.8, 4) is 0 Å². The number of benzene rings is 1. The van der Waals surface area contributed by atoms with Crippen molar-refractivity contribution < 1.29 is 9.90 Å². The number of hydrogen-bond donors (Lipinski definition) is 2. The lowest BCUT2D eigenvalue weighted by atomic mass is 10.0. The summed E-state index contributed by atoms with van der Waals surface area (Å²) in [5.74, 6) is -0.955. The van der Waals surface area contributed by atoms with E-state index in [0.717, 1.165) is 5.56 Å². The first-order chi connectivity index (χ1) is 6.50. The second-order valence-electron chi connectivity index (χ2n) is 3.57. The van der Waals surface area contributed by atoms with Gasteiger partial charge in [0.25, 0.3) is 0 Å². The summed E-state index contributed by atoms with van der Waals surface area (Å²) in [7, 11) is 0. The molecule has 1 aromatic rings. The van der Waals surface area contributed by atoms with E-state index in [-0.39, 0.29) is 12.4 Å². The van der Waals surface area contributed by atoms with Crippen molar-refractivity contribution >= 4 is 18.4 Å². The number of rotatable bonds is 3. The van der Waals surface area contributed by atoms with Crippen molar-refractivity contribution in [2.75, 3.05) is 0 Å². The molecule has 1 atom stereocenters. The van der Waals surface area contributed by atoms with Gasteiger partial charge in [-0.3, -0.25) is 4.79 Å². The molecule has 0 aromatic heterocycles. The van der Waals surface area contributed by atoms with Gasteiger partial charge in [-0.1, -0.05) is 18.2 Å². The lowest BCUT2D eigenvalue weighted by Gasteiger charge is -2.08. The normalized spacial score (nSPS) is 11.7. The van der Waals surface area contributed by atoms with E-state index in [2.05, 4.69) is 0 Å². The van der Waals surface area contributed by atoms with Crippen LogP contribution in [-0.2, 0) is 11.2 Å². The Bertz CT molecular complexity index is 352. The van der Waals surface area contributed by atoms with Crippen LogP contribution < -0.4 is 5.73 Å². The summed E-state index contributed by atoms with van der Waals surface area (Å²) in [6.45, 7) is 4.03. The fourth-order valence-electron chi connectivity index (χ4n) is 1.27. The zero-order chi connectivity index (χ0) is 10.7. The molecule has 0 unspecified atom stereocenters. The van der Waals surface area contributed by atoms with Gasteiger partial charge in [0.2, 0.25) is 0 Å². The molecule has 0 radical (unpaired) electrons. The molecular formula is C11H16ClNO2. The van der Waals surface area contributed by atoms with Gasteiger partial charge in [0, 0.05) is 0 Å². The molecule has 0 aliphatic rings. The third-order valence-corrected chi connectivity index (χ3v) is 2.34. The number of halogens is 1. The first-order valence-electron chi connectivity index (χ1n) is 4.55. The summed E-state index contributed by atoms with van der Waals surface area (Å²) in [4.78, 5) is 10.5. The highest BCUT2D eigenvalue weighted by Crippen LogP contribution is 2.11. The molecule has 3 N–H and O–H groups in total. The summed E-state index contributed by atoms with van der Waals surface area (Å²) < 4.78 is 0. The molecule has 0 amide bonds. The lowest BCUT2D eigenvalue weighted by Crippen LogP contribution is -2.32. The molecule has 0 bridgehead atoms. The Morgan fingerprint density at radius 1 is 1.40 bits per heavy atom. The van der Waals surface area contributed by atoms with E-state index in [1.807, 2.05) is 32.0 Å². The average molecular weight is 230 g/mol. The minimum Gasteiger partial charge on any atom is -0.480 e. The molecule has 84 valence electrons. The largest absolute Gasteiger partial charge is 0.480 e. The van der Waals surface area contributed by atoms with Crippen LogP contribution >= 0.6 is 12.4 Å². The third kappa shape index (κ3) is 3.90. The molecule has 1 aromatic carbocycles. The highest BCUT2D eigenvalue weighted by Gasteiger charge is 2.11. The number of aryl methyl sites for hydroxylation is 2. The van der Waals surface area contributed by atoms with E-state index < -0.39 is 12.0 Å². The maximum Gasteiger partial charge on any atom is 0.320 e. The Kier molecular flexibility index (Phi) is 5.33. The summed E-state index contributed by atoms with van der Waals surface area (Å²) in [6.07, 6.45) is 0.385. The van der Waals surface area contributed by atoms with Crippen LogP contribution in [0.5, 0.6) is 0 Å². The monoisotopic (exact) mass is 229 g/mol. The van der Waals surface area contributed by atoms with Gasteiger partial charge in [-0.2, -0.15) is 0 Å². The number of carboxylic acids is 1. The highest BCUT2D eigenvalue weighted by atomic mass is 35.5. The van der Waals surface area contributed by atoms with E-state index in [0.29, 0.717) is 6.42 Å². The molecule has 3 nitrogen and oxygen atoms in total. The fourth-order valence-corrected chi connectivity index (χ4v) is 1.27. The molecule has 0 aliphatic carbocycles. The van der Waals surface area contributed by atoms with Crippen molar-refractivity contribution in [1.82, 2.24) is 0 Å². The molecule has 1 rings (SSSR count). The summed E-state index contributed by atoms with van der Waals surface area (Å²) in [5, 5.41) is 8.64. The fraction of sp³-hybridized carbons (Fsp3) is 0.364. The molecule has 15 heavy (non-hydrogen) atoms. The second kappa shape index (κ2) is 5.73. The van der Waals surface area contributed by atoms with Gasteiger partial charge in [-0.15, -0.1) is 12.4 Å². The van der Waals surface area contributed by atoms with Gasteiger partial charge in [0.15, 0.2) is 0 Å². The molecule has 0 saturated carbocycles. The zero-order valence-corrected chi connectivity index (χ0v) is 9.67. The van der Waals surface area contributed by atoms with Crippen LogP contribution in [0.1, 0.15) is 16.7 Å². The van der Waals surface area contributed by atoms with Crippen molar-refractivity contribution in [1.29, 1.82) is 0 Å². The van der Waals surface area contributed by atoms with Crippen LogP contribution in [0.15, 0.2) is 18.2 Å². The van der Waals surface area contributed by atoms with Gasteiger partial charge in [0.1, 0.15) is 6.04 Å². The second-order valence-corrected chi connectivity index (χ2v) is 3.57. The molecule has 0 heterocycles. The maximum absolute atomic E-state index is 10.5. The quantitative estimate of drug-likeness (QED) is 0.829. The van der Waals surface area contributed by atoms with Gasteiger partial charge < -0.3 is 10.8 Å². The van der Waals surface area contributed by atoms with Gasteiger partial charge in [0.05, 0.1) is 0 Å². The van der Waals surface area contributed by atoms with E-state index >= 15 is 0 Å². The lowest BCUT2D eigenvalue weighted by molar-refractivity contribution is -0.138. The van der Waals surface area contributed by atoms with Crippen molar-refractivity contribution in [3.63, 3.8) is 0 Å². The number of aliphatic carboxylic acids is 1. The third-order valence-electron chi connectivity index (χ3n) is 2.34. The van der Waals surface area contributed by atoms with Gasteiger partial charge >= 0.3 is 5.97 Å². The number of carbonyl (C=O) groups is 1. The van der Waals surface area contributed by atoms with Crippen LogP contribution in [0, 0.1) is 13.8 Å². The molecule has 0 spiro atoms. The highest BCUT2D eigenvalue weighted by molar-refractivity contribution is 5.85. The predicted octanol–water partition coefficient (Wildman–Crippen LogP) is 1.68. The average Bonchev–Trinajstić information content (AvgIpc) is 2.11. The SMILES string of the molecule is Cc1ccc(C[C@H](N)C(=O)O)cc1C.Cl. The molecule has 0 fully saturated rings. The Labute approximate surface area is 95.7 Å². The Morgan fingerprint density at radius 2 is 2.00 bits per heavy atom. The first-order valence-corrected chi connectivity index (χ1v) is 4.55. The van der Waals surface area contributed by atoms with Crippen molar-refractivity contribution in [2.24, 2.45) is 5.73 Å². The van der Waals surface area contributed by atoms with Gasteiger partial charge in [-0.05, 0) is 37.0 Å². The minimum atomic E-state index is -0.955. The molecule has 4 heteroatoms. The van der Waals surface area contributed by atoms with Gasteiger partial charge in [-0.25, -0.2) is 0 Å². The minimum absolute atomic E-state index is 0. The van der Waals surface area contributed by atoms with Crippen LogP contribution in [0.4, 0.5) is 0 Å². The first kappa shape index (κ1) is 13.9. The van der Waals surface area contributed by atoms with Crippen LogP contribution in [-0.4, -0.2) is 17.1 Å². The smallest absolute Gasteiger partial charge is 0.320 e. The van der Waals surface area contributed by atoms with Crippen LogP contribution in [0.25, 0.3) is 0 Å². The Hall–Kier alpha value is -1.06. The topological polar surface area (TPSA) is 63.3 Å². The van der Waals surface area contributed by atoms with E-state index in [4.69, 9.17) is 10.8 Å². The van der Waals surface area contributed by atoms with E-state index in [9.17, 15) is 4.79 Å². The number of hydrogen-bond acceptors (Lipinski definition) is 2. The Balaban J connectivity index is 0.00000196. The maximum atomic E-state index is 10.5. The zero-order valence-electron chi connectivity index (χ0n) is 8.86. The molecule has 0 aliphatic heterocycles. The predicted molar refractivity (Wildman–Crippen MR) is 62.5 cm³/mol.